The van der Waals surface area contributed by atoms with Crippen LogP contribution in [0.1, 0.15) is 150 Å². The predicted molar refractivity (Wildman–Crippen MR) is 333 cm³/mol. The number of amides is 4. The molecule has 4 amide bonds. The zero-order valence-electron chi connectivity index (χ0n) is 49.6. The molecule has 3 aromatic rings. The normalized spacial score (nSPS) is 15.9. The van der Waals surface area contributed by atoms with Crippen molar-refractivity contribution in [1.29, 1.82) is 0 Å². The van der Waals surface area contributed by atoms with Crippen molar-refractivity contribution in [2.75, 3.05) is 66.5 Å². The summed E-state index contributed by atoms with van der Waals surface area (Å²) in [6.45, 7) is 8.75. The Morgan fingerprint density at radius 1 is 0.698 bits per heavy atom. The van der Waals surface area contributed by atoms with Gasteiger partial charge in [0, 0.05) is 103 Å². The average Bonchev–Trinajstić information content (AvgIpc) is 2.89. The third-order valence-corrected chi connectivity index (χ3v) is 16.5. The van der Waals surface area contributed by atoms with Crippen LogP contribution in [0.3, 0.4) is 0 Å². The van der Waals surface area contributed by atoms with Gasteiger partial charge >= 0.3 is 0 Å². The number of nitrogens with one attached hydrogen (secondary N) is 4. The summed E-state index contributed by atoms with van der Waals surface area (Å²) in [7, 11) is -13.2. The number of allylic oxidation sites excluding steroid dienone is 3. The fourth-order valence-electron chi connectivity index (χ4n) is 9.84. The van der Waals surface area contributed by atoms with Crippen LogP contribution in [0.2, 0.25) is 0 Å². The monoisotopic (exact) mass is 1250 g/mol. The molecule has 0 aliphatic heterocycles. The first-order valence-corrected chi connectivity index (χ1v) is 33.3. The molecule has 4 atom stereocenters. The number of nitrogens with zero attached hydrogens (tertiary/aromatic N) is 2. The minimum Gasteiger partial charge on any atom is -0.493 e. The third-order valence-electron chi connectivity index (χ3n) is 14.2. The topological polar surface area (TPSA) is 356 Å². The van der Waals surface area contributed by atoms with E-state index in [4.69, 9.17) is 33.8 Å². The van der Waals surface area contributed by atoms with Gasteiger partial charge in [-0.25, -0.2) is 0 Å². The molecule has 0 bridgehead atoms. The number of benzene rings is 3. The second kappa shape index (κ2) is 34.4. The Balaban J connectivity index is 1.75. The molecule has 1 aliphatic carbocycles. The van der Waals surface area contributed by atoms with Gasteiger partial charge < -0.3 is 52.0 Å². The van der Waals surface area contributed by atoms with E-state index in [1.165, 1.54) is 12.1 Å². The van der Waals surface area contributed by atoms with Crippen LogP contribution in [0.15, 0.2) is 66.4 Å². The van der Waals surface area contributed by atoms with Crippen LogP contribution >= 0.6 is 0 Å². The van der Waals surface area contributed by atoms with Gasteiger partial charge in [-0.05, 0) is 146 Å². The van der Waals surface area contributed by atoms with Crippen molar-refractivity contribution in [3.63, 3.8) is 0 Å². The van der Waals surface area contributed by atoms with Gasteiger partial charge in [0.05, 0.1) is 42.6 Å². The molecular weight excluding hydrogens is 1170 g/mol. The molecule has 0 heterocycles. The first kappa shape index (κ1) is 71.5. The highest BCUT2D eigenvalue weighted by Crippen LogP contribution is 2.34. The molecule has 0 aromatic heterocycles. The second-order valence-corrected chi connectivity index (χ2v) is 25.8. The summed E-state index contributed by atoms with van der Waals surface area (Å²) in [5.74, 6) is 1.70. The van der Waals surface area contributed by atoms with Gasteiger partial charge in [-0.2, -0.15) is 25.3 Å². The summed E-state index contributed by atoms with van der Waals surface area (Å²) in [6.07, 6.45) is 21.4. The largest absolute Gasteiger partial charge is 0.493 e. The molecule has 26 heteroatoms. The van der Waals surface area contributed by atoms with Crippen LogP contribution in [0.25, 0.3) is 0 Å². The molecule has 4 rings (SSSR count). The van der Waals surface area contributed by atoms with E-state index in [2.05, 4.69) is 33.1 Å². The molecule has 1 saturated carbocycles. The number of unbranched alkanes of at least 4 members (excludes halogenated alkanes) is 4. The fraction of sp³-hybridized carbons (Fsp3) is 0.500. The maximum absolute atomic E-state index is 14.5. The maximum Gasteiger partial charge on any atom is 0.266 e. The highest BCUT2D eigenvalue weighted by molar-refractivity contribution is 7.86. The number of hydrogen-bond acceptors (Lipinski definition) is 16. The van der Waals surface area contributed by atoms with Gasteiger partial charge in [0.15, 0.2) is 0 Å². The van der Waals surface area contributed by atoms with E-state index in [0.29, 0.717) is 103 Å². The quantitative estimate of drug-likeness (QED) is 0.0149. The van der Waals surface area contributed by atoms with Gasteiger partial charge in [-0.3, -0.25) is 32.8 Å². The van der Waals surface area contributed by atoms with Crippen molar-refractivity contribution in [3.05, 3.63) is 105 Å². The Morgan fingerprint density at radius 2 is 1.24 bits per heavy atom. The molecule has 1 unspecified atom stereocenters. The molecule has 86 heavy (non-hydrogen) atoms. The molecular formula is C60H84N8O15S3. The standard InChI is InChI=1S/C60H84N8O15S3/c1-8-11-13-15-28-82-55-35-46(58(70)66-49-38-47(61)37-48(62)39-49)36-56(83-29-16-14-12-9-2)52(55)40-65-59(71)50-23-18-24-53(43(50)6)67(26-19-30-84(73,74)75)41(4)21-17-22-42(5)68(27-20-31-85(76,77)78)54-34-45(57(69)64-25-32-86(79,80)81)33-51(44(54)7)60(72)63-10-3/h1-2,17-18,21-24,33-36,42,47-49H,10-16,19-20,25-32,37-40,61-62H2,3-7H3,(H,63,72)(H,64,69)(H,65,71)(H,66,70)(H,73,74,75)(H,76,77,78)(H,79,80,81)/b22-17+,41-21+/t42?,47-,48+,49-. The van der Waals surface area contributed by atoms with Gasteiger partial charge in [-0.15, -0.1) is 24.7 Å². The van der Waals surface area contributed by atoms with E-state index in [1.807, 2.05) is 0 Å². The van der Waals surface area contributed by atoms with Crippen molar-refractivity contribution in [3.8, 4) is 36.2 Å². The summed E-state index contributed by atoms with van der Waals surface area (Å²) in [4.78, 5) is 58.8. The van der Waals surface area contributed by atoms with Crippen molar-refractivity contribution in [2.45, 2.75) is 136 Å². The minimum absolute atomic E-state index is 0.0228. The first-order valence-electron chi connectivity index (χ1n) is 28.5. The van der Waals surface area contributed by atoms with E-state index < -0.39 is 77.9 Å². The zero-order chi connectivity index (χ0) is 63.8. The Bertz CT molecular complexity index is 3290. The van der Waals surface area contributed by atoms with Crippen molar-refractivity contribution >= 4 is 65.4 Å². The van der Waals surface area contributed by atoms with Gasteiger partial charge in [0.1, 0.15) is 11.5 Å². The van der Waals surface area contributed by atoms with Crippen molar-refractivity contribution < 1.29 is 67.6 Å². The minimum atomic E-state index is -4.43. The Hall–Kier alpha value is -7.01. The fourth-order valence-corrected chi connectivity index (χ4v) is 11.2. The van der Waals surface area contributed by atoms with Gasteiger partial charge in [-0.1, -0.05) is 18.2 Å². The average molecular weight is 1250 g/mol. The van der Waals surface area contributed by atoms with E-state index in [-0.39, 0.29) is 98.5 Å². The molecule has 3 aromatic carbocycles. The van der Waals surface area contributed by atoms with E-state index in [1.54, 1.807) is 93.0 Å². The lowest BCUT2D eigenvalue weighted by molar-refractivity contribution is 0.0916. The summed E-state index contributed by atoms with van der Waals surface area (Å²) < 4.78 is 112. The number of carbonyl (C=O) groups excluding carboxylic acids is 4. The van der Waals surface area contributed by atoms with Gasteiger partial charge in [0.25, 0.3) is 54.0 Å². The Kier molecular flexibility index (Phi) is 28.6. The van der Waals surface area contributed by atoms with E-state index in [9.17, 15) is 58.1 Å². The second-order valence-electron chi connectivity index (χ2n) is 21.1. The third kappa shape index (κ3) is 24.0. The molecule has 23 nitrogen and oxygen atoms in total. The highest BCUT2D eigenvalue weighted by atomic mass is 32.2. The Labute approximate surface area is 507 Å². The van der Waals surface area contributed by atoms with Crippen molar-refractivity contribution in [1.82, 2.24) is 21.3 Å². The number of carbonyl (C=O) groups is 4. The maximum atomic E-state index is 14.5. The van der Waals surface area contributed by atoms with Crippen molar-refractivity contribution in [2.24, 2.45) is 11.5 Å². The Morgan fingerprint density at radius 3 is 1.80 bits per heavy atom. The number of rotatable bonds is 35. The first-order chi connectivity index (χ1) is 40.6. The smallest absolute Gasteiger partial charge is 0.266 e. The lowest BCUT2D eigenvalue weighted by Gasteiger charge is -2.32. The number of nitrogens with two attached hydrogens (primary N) is 2. The van der Waals surface area contributed by atoms with E-state index in [0.717, 1.165) is 0 Å². The lowest BCUT2D eigenvalue weighted by Crippen LogP contribution is -2.49. The summed E-state index contributed by atoms with van der Waals surface area (Å²) in [5, 5.41) is 11.2. The van der Waals surface area contributed by atoms with Crippen LogP contribution in [0.4, 0.5) is 11.4 Å². The molecule has 0 saturated heterocycles. The van der Waals surface area contributed by atoms with Crippen LogP contribution in [0.5, 0.6) is 11.5 Å². The molecule has 0 spiro atoms. The number of terminal acetylenes is 2. The summed E-state index contributed by atoms with van der Waals surface area (Å²) in [5.41, 5.74) is 15.8. The highest BCUT2D eigenvalue weighted by Gasteiger charge is 2.29. The van der Waals surface area contributed by atoms with Crippen LogP contribution in [0, 0.1) is 38.5 Å². The van der Waals surface area contributed by atoms with Crippen LogP contribution in [-0.2, 0) is 36.9 Å². The molecule has 1 fully saturated rings. The molecule has 472 valence electrons. The van der Waals surface area contributed by atoms with E-state index >= 15 is 0 Å². The number of anilines is 2. The van der Waals surface area contributed by atoms with Crippen LogP contribution in [-0.4, -0.2) is 143 Å². The predicted octanol–water partition coefficient (Wildman–Crippen LogP) is 5.62. The zero-order valence-corrected chi connectivity index (χ0v) is 52.1. The summed E-state index contributed by atoms with van der Waals surface area (Å²) >= 11 is 0. The molecule has 0 radical (unpaired) electrons. The number of hydrogen-bond donors (Lipinski definition) is 9. The summed E-state index contributed by atoms with van der Waals surface area (Å²) in [6, 6.07) is 9.82. The number of ether oxygens (including phenoxy) is 2. The SMILES string of the molecule is C#CCCCCOc1cc(C(=O)N[C@@H]2C[C@H](N)C[C@H](N)C2)cc(OCCCCC#C)c1CNC(=O)c1cccc(N(CCCS(=O)(=O)O)/C(C)=C/C=C/C(C)N(CCCS(=O)(=O)O)c2cc(C(=O)NCCS(=O)(=O)O)cc(C(=O)NCC)c2C)c1C. The van der Waals surface area contributed by atoms with Gasteiger partial charge in [0.2, 0.25) is 0 Å². The lowest BCUT2D eigenvalue weighted by atomic mass is 9.88. The van der Waals surface area contributed by atoms with Crippen LogP contribution < -0.4 is 52.0 Å². The molecule has 1 aliphatic rings. The molecule has 11 N–H and O–H groups in total.